The van der Waals surface area contributed by atoms with Crippen molar-refractivity contribution in [2.24, 2.45) is 0 Å². The molecule has 32 heavy (non-hydrogen) atoms. The zero-order valence-corrected chi connectivity index (χ0v) is 19.1. The number of alkyl halides is 3. The second-order valence-corrected chi connectivity index (χ2v) is 9.26. The fourth-order valence-corrected chi connectivity index (χ4v) is 3.83. The smallest absolute Gasteiger partial charge is 0.333 e. The van der Waals surface area contributed by atoms with Crippen LogP contribution in [0.2, 0.25) is 0 Å². The normalized spacial score (nSPS) is 11.9. The third-order valence-corrected chi connectivity index (χ3v) is 5.55. The van der Waals surface area contributed by atoms with Gasteiger partial charge in [-0.1, -0.05) is 71.2 Å². The largest absolute Gasteiger partial charge is 0.465 e. The summed E-state index contributed by atoms with van der Waals surface area (Å²) in [5.74, 6) is -0.443. The Balaban J connectivity index is 1.89. The van der Waals surface area contributed by atoms with Gasteiger partial charge in [-0.2, -0.15) is 0 Å². The van der Waals surface area contributed by atoms with Gasteiger partial charge in [-0.15, -0.1) is 5.10 Å². The number of hydrogen-bond acceptors (Lipinski definition) is 5. The van der Waals surface area contributed by atoms with Crippen LogP contribution in [0.1, 0.15) is 18.1 Å². The molecule has 0 aliphatic carbocycles. The van der Waals surface area contributed by atoms with Crippen LogP contribution in [-0.2, 0) is 26.4 Å². The molecule has 0 unspecified atom stereocenters. The number of imidazole rings is 1. The Morgan fingerprint density at radius 2 is 1.66 bits per heavy atom. The summed E-state index contributed by atoms with van der Waals surface area (Å²) >= 11 is 17.8. The minimum absolute atomic E-state index is 0.152. The number of esters is 1. The van der Waals surface area contributed by atoms with E-state index in [0.717, 1.165) is 10.2 Å². The van der Waals surface area contributed by atoms with Crippen LogP contribution in [0.4, 0.5) is 0 Å². The highest BCUT2D eigenvalue weighted by molar-refractivity contribution is 6.66. The Morgan fingerprint density at radius 3 is 2.28 bits per heavy atom. The molecular formula is C21H17Cl3N4O4. The molecule has 11 heteroatoms. The van der Waals surface area contributed by atoms with Crippen molar-refractivity contribution in [2.45, 2.75) is 23.8 Å². The van der Waals surface area contributed by atoms with Gasteiger partial charge in [0.15, 0.2) is 0 Å². The van der Waals surface area contributed by atoms with Crippen molar-refractivity contribution >= 4 is 57.6 Å². The molecule has 4 rings (SSSR count). The van der Waals surface area contributed by atoms with Crippen molar-refractivity contribution < 1.29 is 9.53 Å². The van der Waals surface area contributed by atoms with Crippen molar-refractivity contribution in [3.05, 3.63) is 80.4 Å². The van der Waals surface area contributed by atoms with Gasteiger partial charge in [0.2, 0.25) is 9.57 Å². The fourth-order valence-electron chi connectivity index (χ4n) is 3.45. The number of hydrogen-bond donors (Lipinski definition) is 0. The highest BCUT2D eigenvalue weighted by Gasteiger charge is 2.23. The van der Waals surface area contributed by atoms with Gasteiger partial charge in [0.25, 0.3) is 0 Å². The lowest BCUT2D eigenvalue weighted by molar-refractivity contribution is -0.144. The third-order valence-electron chi connectivity index (χ3n) is 4.89. The van der Waals surface area contributed by atoms with Crippen LogP contribution in [0.3, 0.4) is 0 Å². The number of nitrogens with zero attached hydrogens (tertiary/aromatic N) is 4. The number of para-hydroxylation sites is 2. The van der Waals surface area contributed by atoms with E-state index < -0.39 is 27.4 Å². The van der Waals surface area contributed by atoms with Crippen molar-refractivity contribution in [1.82, 2.24) is 18.7 Å². The van der Waals surface area contributed by atoms with E-state index in [1.54, 1.807) is 47.9 Å². The van der Waals surface area contributed by atoms with Crippen LogP contribution in [0.5, 0.6) is 0 Å². The Morgan fingerprint density at radius 1 is 1.00 bits per heavy atom. The van der Waals surface area contributed by atoms with Gasteiger partial charge in [0.05, 0.1) is 24.2 Å². The lowest BCUT2D eigenvalue weighted by atomic mass is 10.1. The predicted molar refractivity (Wildman–Crippen MR) is 123 cm³/mol. The maximum Gasteiger partial charge on any atom is 0.333 e. The SMILES string of the molecule is CCOC(=O)Cn1nc2n(Cc3ccc(C(Cl)(Cl)Cl)cc3)c3ccccc3n2c(=O)c1=O. The lowest BCUT2D eigenvalue weighted by Crippen LogP contribution is -2.42. The number of benzene rings is 2. The highest BCUT2D eigenvalue weighted by atomic mass is 35.6. The molecule has 2 heterocycles. The molecule has 2 aromatic heterocycles. The summed E-state index contributed by atoms with van der Waals surface area (Å²) in [7, 11) is 0. The van der Waals surface area contributed by atoms with Gasteiger partial charge in [-0.3, -0.25) is 14.4 Å². The second kappa shape index (κ2) is 8.61. The molecule has 0 atom stereocenters. The van der Waals surface area contributed by atoms with E-state index in [1.807, 2.05) is 12.1 Å². The average molecular weight is 496 g/mol. The molecule has 166 valence electrons. The second-order valence-electron chi connectivity index (χ2n) is 6.98. The van der Waals surface area contributed by atoms with Crippen LogP contribution in [-0.4, -0.2) is 31.3 Å². The Kier molecular flexibility index (Phi) is 6.03. The molecule has 0 aliphatic rings. The van der Waals surface area contributed by atoms with Crippen LogP contribution < -0.4 is 11.1 Å². The van der Waals surface area contributed by atoms with E-state index in [2.05, 4.69) is 5.10 Å². The van der Waals surface area contributed by atoms with E-state index >= 15 is 0 Å². The Bertz CT molecular complexity index is 1430. The van der Waals surface area contributed by atoms with Gasteiger partial charge < -0.3 is 9.30 Å². The van der Waals surface area contributed by atoms with Gasteiger partial charge in [0.1, 0.15) is 6.54 Å². The number of rotatable bonds is 5. The zero-order chi connectivity index (χ0) is 23.0. The van der Waals surface area contributed by atoms with E-state index in [1.165, 1.54) is 4.40 Å². The third kappa shape index (κ3) is 4.13. The summed E-state index contributed by atoms with van der Waals surface area (Å²) in [6, 6.07) is 14.1. The summed E-state index contributed by atoms with van der Waals surface area (Å²) in [5, 5.41) is 4.31. The molecule has 0 N–H and O–H groups in total. The zero-order valence-electron chi connectivity index (χ0n) is 16.8. The molecule has 0 fully saturated rings. The topological polar surface area (TPSA) is 87.6 Å². The van der Waals surface area contributed by atoms with Gasteiger partial charge in [-0.05, 0) is 24.6 Å². The first-order valence-corrected chi connectivity index (χ1v) is 10.8. The number of halogens is 3. The molecule has 0 bridgehead atoms. The highest BCUT2D eigenvalue weighted by Crippen LogP contribution is 2.38. The fraction of sp³-hybridized carbons (Fsp3) is 0.238. The summed E-state index contributed by atoms with van der Waals surface area (Å²) < 4.78 is 7.21. The minimum atomic E-state index is -1.54. The van der Waals surface area contributed by atoms with E-state index in [4.69, 9.17) is 39.5 Å². The Hall–Kier alpha value is -2.81. The van der Waals surface area contributed by atoms with Gasteiger partial charge >= 0.3 is 17.1 Å². The molecule has 0 saturated heterocycles. The number of fused-ring (bicyclic) bond motifs is 3. The maximum atomic E-state index is 12.9. The maximum absolute atomic E-state index is 12.9. The summed E-state index contributed by atoms with van der Waals surface area (Å²) in [5.41, 5.74) is 0.871. The van der Waals surface area contributed by atoms with Crippen LogP contribution in [0, 0.1) is 0 Å². The van der Waals surface area contributed by atoms with Crippen LogP contribution >= 0.6 is 34.8 Å². The van der Waals surface area contributed by atoms with Crippen molar-refractivity contribution in [2.75, 3.05) is 6.61 Å². The quantitative estimate of drug-likeness (QED) is 0.241. The lowest BCUT2D eigenvalue weighted by Gasteiger charge is -2.12. The molecule has 0 saturated carbocycles. The van der Waals surface area contributed by atoms with Crippen molar-refractivity contribution in [1.29, 1.82) is 0 Å². The molecule has 4 aromatic rings. The van der Waals surface area contributed by atoms with Gasteiger partial charge in [0, 0.05) is 5.56 Å². The van der Waals surface area contributed by atoms with Crippen LogP contribution in [0.25, 0.3) is 16.8 Å². The molecule has 0 spiro atoms. The van der Waals surface area contributed by atoms with Crippen molar-refractivity contribution in [3.8, 4) is 0 Å². The standard InChI is InChI=1S/C21H17Cl3N4O4/c1-2-32-17(29)12-27-18(30)19(31)28-16-6-4-3-5-15(16)26(20(28)25-27)11-13-7-9-14(10-8-13)21(22,23)24/h3-10H,2,11-12H2,1H3. The molecule has 0 radical (unpaired) electrons. The molecule has 0 amide bonds. The monoisotopic (exact) mass is 494 g/mol. The molecule has 8 nitrogen and oxygen atoms in total. The van der Waals surface area contributed by atoms with E-state index in [-0.39, 0.29) is 12.4 Å². The summed E-state index contributed by atoms with van der Waals surface area (Å²) in [6.07, 6.45) is 0. The van der Waals surface area contributed by atoms with Gasteiger partial charge in [-0.25, -0.2) is 9.08 Å². The predicted octanol–water partition coefficient (Wildman–Crippen LogP) is 3.25. The number of carbonyl (C=O) groups is 1. The first-order chi connectivity index (χ1) is 15.2. The first-order valence-electron chi connectivity index (χ1n) is 9.63. The molecule has 2 aromatic carbocycles. The van der Waals surface area contributed by atoms with E-state index in [0.29, 0.717) is 23.1 Å². The summed E-state index contributed by atoms with van der Waals surface area (Å²) in [6.45, 7) is 1.66. The number of aromatic nitrogens is 4. The minimum Gasteiger partial charge on any atom is -0.465 e. The van der Waals surface area contributed by atoms with E-state index in [9.17, 15) is 14.4 Å². The Labute approximate surface area is 196 Å². The molecule has 0 aliphatic heterocycles. The first kappa shape index (κ1) is 22.4. The number of carbonyl (C=O) groups excluding carboxylic acids is 1. The van der Waals surface area contributed by atoms with Crippen LogP contribution in [0.15, 0.2) is 58.1 Å². The molecular weight excluding hydrogens is 479 g/mol. The average Bonchev–Trinajstić information content (AvgIpc) is 3.05. The van der Waals surface area contributed by atoms with Crippen molar-refractivity contribution in [3.63, 3.8) is 0 Å². The summed E-state index contributed by atoms with van der Waals surface area (Å²) in [4.78, 5) is 37.4. The number of ether oxygens (including phenoxy) is 1.